The fourth-order valence-corrected chi connectivity index (χ4v) is 4.22. The number of thioether (sulfide) groups is 1. The van der Waals surface area contributed by atoms with Crippen molar-refractivity contribution in [3.8, 4) is 0 Å². The summed E-state index contributed by atoms with van der Waals surface area (Å²) in [4.78, 5) is 12.9. The topological polar surface area (TPSA) is 49.8 Å². The number of aromatic nitrogens is 1. The van der Waals surface area contributed by atoms with Crippen LogP contribution in [-0.2, 0) is 11.3 Å². The number of nitrogens with zero attached hydrogens (tertiary/aromatic N) is 3. The van der Waals surface area contributed by atoms with Crippen LogP contribution < -0.4 is 5.32 Å². The number of benzene rings is 1. The zero-order valence-corrected chi connectivity index (χ0v) is 21.2. The zero-order chi connectivity index (χ0) is 19.6. The van der Waals surface area contributed by atoms with Crippen molar-refractivity contribution >= 4 is 53.0 Å². The molecule has 0 spiro atoms. The van der Waals surface area contributed by atoms with Gasteiger partial charge in [-0.3, -0.25) is 4.99 Å². The van der Waals surface area contributed by atoms with E-state index in [4.69, 9.17) is 9.73 Å². The largest absolute Gasteiger partial charge is 0.375 e. The third-order valence-corrected chi connectivity index (χ3v) is 6.10. The van der Waals surface area contributed by atoms with E-state index in [0.717, 1.165) is 36.3 Å². The van der Waals surface area contributed by atoms with Gasteiger partial charge in [0.15, 0.2) is 5.96 Å². The van der Waals surface area contributed by atoms with Gasteiger partial charge in [0.2, 0.25) is 0 Å². The van der Waals surface area contributed by atoms with Gasteiger partial charge in [-0.05, 0) is 26.0 Å². The molecule has 0 fully saturated rings. The number of guanidine groups is 1. The average molecular weight is 535 g/mol. The fourth-order valence-electron chi connectivity index (χ4n) is 2.45. The molecular formula is C20H31IN4OS2. The van der Waals surface area contributed by atoms with Gasteiger partial charge in [-0.15, -0.1) is 47.1 Å². The summed E-state index contributed by atoms with van der Waals surface area (Å²) in [7, 11) is 3.76. The van der Waals surface area contributed by atoms with Crippen LogP contribution in [0.5, 0.6) is 0 Å². The summed E-state index contributed by atoms with van der Waals surface area (Å²) in [6.07, 6.45) is 0.0341. The third kappa shape index (κ3) is 8.26. The van der Waals surface area contributed by atoms with Crippen molar-refractivity contribution in [2.75, 3.05) is 27.2 Å². The molecule has 8 heteroatoms. The van der Waals surface area contributed by atoms with Gasteiger partial charge in [-0.25, -0.2) is 4.98 Å². The van der Waals surface area contributed by atoms with Gasteiger partial charge in [0.25, 0.3) is 0 Å². The van der Waals surface area contributed by atoms with Crippen molar-refractivity contribution in [2.45, 2.75) is 43.6 Å². The Bertz CT molecular complexity index is 711. The zero-order valence-electron chi connectivity index (χ0n) is 17.2. The highest BCUT2D eigenvalue weighted by atomic mass is 127. The van der Waals surface area contributed by atoms with Crippen LogP contribution in [0.15, 0.2) is 45.6 Å². The second-order valence-corrected chi connectivity index (χ2v) is 8.75. The van der Waals surface area contributed by atoms with E-state index in [0.29, 0.717) is 5.25 Å². The van der Waals surface area contributed by atoms with Gasteiger partial charge in [0.1, 0.15) is 11.1 Å². The molecule has 0 saturated carbocycles. The molecule has 0 radical (unpaired) electrons. The second kappa shape index (κ2) is 13.4. The molecule has 28 heavy (non-hydrogen) atoms. The maximum atomic E-state index is 5.35. The summed E-state index contributed by atoms with van der Waals surface area (Å²) in [5.41, 5.74) is 1.04. The molecule has 0 aliphatic carbocycles. The van der Waals surface area contributed by atoms with Crippen molar-refractivity contribution in [1.82, 2.24) is 15.2 Å². The number of methoxy groups -OCH3 is 1. The van der Waals surface area contributed by atoms with Crippen LogP contribution in [0.4, 0.5) is 0 Å². The van der Waals surface area contributed by atoms with E-state index in [2.05, 4.69) is 65.7 Å². The minimum atomic E-state index is 0. The lowest BCUT2D eigenvalue weighted by atomic mass is 10.4. The minimum absolute atomic E-state index is 0. The van der Waals surface area contributed by atoms with E-state index in [1.54, 1.807) is 18.4 Å². The Kier molecular flexibility index (Phi) is 12.1. The first-order valence-corrected chi connectivity index (χ1v) is 11.0. The summed E-state index contributed by atoms with van der Waals surface area (Å²) in [5.74, 6) is 0.910. The predicted molar refractivity (Wildman–Crippen MR) is 132 cm³/mol. The molecule has 2 rings (SSSR count). The molecule has 0 bridgehead atoms. The van der Waals surface area contributed by atoms with E-state index in [1.165, 1.54) is 4.90 Å². The van der Waals surface area contributed by atoms with Crippen molar-refractivity contribution in [1.29, 1.82) is 0 Å². The molecule has 0 aliphatic rings. The molecule has 1 aromatic heterocycles. The molecular weight excluding hydrogens is 503 g/mol. The van der Waals surface area contributed by atoms with E-state index < -0.39 is 0 Å². The normalized spacial score (nSPS) is 13.5. The first kappa shape index (κ1) is 25.2. The number of halogens is 1. The second-order valence-electron chi connectivity index (χ2n) is 6.35. The number of hydrogen-bond donors (Lipinski definition) is 1. The smallest absolute Gasteiger partial charge is 0.194 e. The molecule has 1 heterocycles. The molecule has 0 aliphatic heterocycles. The quantitative estimate of drug-likeness (QED) is 0.211. The maximum absolute atomic E-state index is 5.35. The van der Waals surface area contributed by atoms with Crippen LogP contribution in [0.2, 0.25) is 0 Å². The van der Waals surface area contributed by atoms with E-state index in [1.807, 2.05) is 24.8 Å². The van der Waals surface area contributed by atoms with Gasteiger partial charge in [-0.1, -0.05) is 25.1 Å². The molecule has 156 valence electrons. The SMILES string of the molecule is CCNC(=NCC(C)Sc1ccccc1)N(C)Cc1csc(C(C)OC)n1.I. The number of ether oxygens (including phenoxy) is 1. The van der Waals surface area contributed by atoms with Gasteiger partial charge < -0.3 is 15.0 Å². The lowest BCUT2D eigenvalue weighted by Crippen LogP contribution is -2.39. The summed E-state index contributed by atoms with van der Waals surface area (Å²) in [6.45, 7) is 8.64. The van der Waals surface area contributed by atoms with Gasteiger partial charge in [-0.2, -0.15) is 0 Å². The van der Waals surface area contributed by atoms with E-state index in [9.17, 15) is 0 Å². The highest BCUT2D eigenvalue weighted by Crippen LogP contribution is 2.23. The summed E-state index contributed by atoms with van der Waals surface area (Å²) >= 11 is 3.49. The lowest BCUT2D eigenvalue weighted by molar-refractivity contribution is 0.119. The molecule has 2 aromatic rings. The highest BCUT2D eigenvalue weighted by Gasteiger charge is 2.13. The van der Waals surface area contributed by atoms with Gasteiger partial charge in [0, 0.05) is 36.2 Å². The van der Waals surface area contributed by atoms with Crippen LogP contribution in [0.3, 0.4) is 0 Å². The molecule has 0 saturated heterocycles. The number of thiazole rings is 1. The molecule has 2 atom stereocenters. The van der Waals surface area contributed by atoms with Crippen LogP contribution in [0.25, 0.3) is 0 Å². The first-order valence-electron chi connectivity index (χ1n) is 9.21. The Morgan fingerprint density at radius 3 is 2.68 bits per heavy atom. The van der Waals surface area contributed by atoms with E-state index >= 15 is 0 Å². The van der Waals surface area contributed by atoms with Crippen molar-refractivity contribution < 1.29 is 4.74 Å². The predicted octanol–water partition coefficient (Wildman–Crippen LogP) is 5.05. The van der Waals surface area contributed by atoms with Crippen LogP contribution in [-0.4, -0.2) is 48.3 Å². The lowest BCUT2D eigenvalue weighted by Gasteiger charge is -2.22. The average Bonchev–Trinajstić information content (AvgIpc) is 3.13. The van der Waals surface area contributed by atoms with Crippen LogP contribution >= 0.6 is 47.1 Å². The van der Waals surface area contributed by atoms with Gasteiger partial charge in [0.05, 0.1) is 18.8 Å². The number of aliphatic imine (C=N–C) groups is 1. The Labute approximate surface area is 194 Å². The van der Waals surface area contributed by atoms with Gasteiger partial charge >= 0.3 is 0 Å². The Morgan fingerprint density at radius 1 is 1.32 bits per heavy atom. The summed E-state index contributed by atoms with van der Waals surface area (Å²) < 4.78 is 5.35. The monoisotopic (exact) mass is 534 g/mol. The maximum Gasteiger partial charge on any atom is 0.194 e. The van der Waals surface area contributed by atoms with Crippen molar-refractivity contribution in [2.24, 2.45) is 4.99 Å². The van der Waals surface area contributed by atoms with Crippen molar-refractivity contribution in [3.63, 3.8) is 0 Å². The van der Waals surface area contributed by atoms with Crippen LogP contribution in [0.1, 0.15) is 37.6 Å². The Morgan fingerprint density at radius 2 is 2.04 bits per heavy atom. The summed E-state index contributed by atoms with van der Waals surface area (Å²) in [6, 6.07) is 10.5. The Hall–Kier alpha value is -0.840. The number of hydrogen-bond acceptors (Lipinski definition) is 5. The molecule has 5 nitrogen and oxygen atoms in total. The standard InChI is InChI=1S/C20H30N4OS2.HI/c1-6-21-20(22-12-15(2)27-18-10-8-7-9-11-18)24(4)13-17-14-26-19(23-17)16(3)25-5;/h7-11,14-16H,6,12-13H2,1-5H3,(H,21,22);1H. The third-order valence-electron chi connectivity index (χ3n) is 3.95. The first-order chi connectivity index (χ1) is 13.0. The van der Waals surface area contributed by atoms with Crippen LogP contribution in [0, 0.1) is 0 Å². The minimum Gasteiger partial charge on any atom is -0.375 e. The molecule has 2 unspecified atom stereocenters. The Balaban J connectivity index is 0.00000392. The van der Waals surface area contributed by atoms with Crippen molar-refractivity contribution in [3.05, 3.63) is 46.4 Å². The number of nitrogens with one attached hydrogen (secondary N) is 1. The molecule has 1 N–H and O–H groups in total. The highest BCUT2D eigenvalue weighted by molar-refractivity contribution is 14.0. The molecule has 1 aromatic carbocycles. The summed E-state index contributed by atoms with van der Waals surface area (Å²) in [5, 5.41) is 6.89. The molecule has 0 amide bonds. The fraction of sp³-hybridized carbons (Fsp3) is 0.500. The van der Waals surface area contributed by atoms with E-state index in [-0.39, 0.29) is 30.1 Å². The number of rotatable bonds is 9.